The lowest BCUT2D eigenvalue weighted by Crippen LogP contribution is -2.39. The number of carbonyl (C=O) groups excluding carboxylic acids is 2. The quantitative estimate of drug-likeness (QED) is 0.620. The minimum Gasteiger partial charge on any atom is -0.311 e. The summed E-state index contributed by atoms with van der Waals surface area (Å²) < 4.78 is 28.6. The summed E-state index contributed by atoms with van der Waals surface area (Å²) in [6.45, 7) is 3.44. The molecule has 156 valence electrons. The van der Waals surface area contributed by atoms with Gasteiger partial charge in [0.25, 0.3) is 10.0 Å². The highest BCUT2D eigenvalue weighted by atomic mass is 32.2. The smallest absolute Gasteiger partial charge is 0.275 e. The van der Waals surface area contributed by atoms with Crippen LogP contribution in [0.15, 0.2) is 40.6 Å². The van der Waals surface area contributed by atoms with Crippen molar-refractivity contribution in [3.63, 3.8) is 0 Å². The van der Waals surface area contributed by atoms with Gasteiger partial charge in [-0.25, -0.2) is 22.8 Å². The first-order valence-electron chi connectivity index (χ1n) is 9.17. The van der Waals surface area contributed by atoms with Gasteiger partial charge in [-0.2, -0.15) is 5.10 Å². The predicted octanol–water partition coefficient (Wildman–Crippen LogP) is 2.09. The first kappa shape index (κ1) is 20.2. The molecular weight excluding hydrogens is 426 g/mol. The lowest BCUT2D eigenvalue weighted by atomic mass is 10.0. The largest absolute Gasteiger partial charge is 0.311 e. The summed E-state index contributed by atoms with van der Waals surface area (Å²) in [5.41, 5.74) is 1.95. The van der Waals surface area contributed by atoms with Gasteiger partial charge in [-0.05, 0) is 13.8 Å². The van der Waals surface area contributed by atoms with E-state index in [1.807, 2.05) is 35.1 Å². The van der Waals surface area contributed by atoms with Crippen LogP contribution in [0, 0.1) is 19.8 Å². The van der Waals surface area contributed by atoms with Crippen LogP contribution >= 0.6 is 11.3 Å². The van der Waals surface area contributed by atoms with Crippen molar-refractivity contribution >= 4 is 39.0 Å². The Balaban J connectivity index is 1.47. The molecule has 0 spiro atoms. The van der Waals surface area contributed by atoms with Gasteiger partial charge >= 0.3 is 0 Å². The minimum atomic E-state index is -4.03. The molecule has 0 bridgehead atoms. The van der Waals surface area contributed by atoms with E-state index < -0.39 is 21.8 Å². The van der Waals surface area contributed by atoms with Gasteiger partial charge in [0.1, 0.15) is 5.82 Å². The summed E-state index contributed by atoms with van der Waals surface area (Å²) in [6, 6.07) is 11.3. The monoisotopic (exact) mass is 445 g/mol. The third-order valence-corrected chi connectivity index (χ3v) is 7.71. The van der Waals surface area contributed by atoms with Gasteiger partial charge in [-0.15, -0.1) is 11.3 Å². The second kappa shape index (κ2) is 7.65. The van der Waals surface area contributed by atoms with E-state index in [0.717, 1.165) is 16.9 Å². The molecule has 1 aliphatic heterocycles. The zero-order valence-electron chi connectivity index (χ0n) is 16.2. The molecule has 0 saturated carbocycles. The number of rotatable bonds is 5. The second-order valence-electron chi connectivity index (χ2n) is 6.99. The average molecular weight is 446 g/mol. The van der Waals surface area contributed by atoms with Gasteiger partial charge in [-0.1, -0.05) is 30.3 Å². The van der Waals surface area contributed by atoms with E-state index in [-0.39, 0.29) is 23.1 Å². The van der Waals surface area contributed by atoms with Crippen LogP contribution in [0.4, 0.5) is 5.82 Å². The van der Waals surface area contributed by atoms with Gasteiger partial charge < -0.3 is 5.32 Å². The van der Waals surface area contributed by atoms with Gasteiger partial charge in [-0.3, -0.25) is 9.59 Å². The summed E-state index contributed by atoms with van der Waals surface area (Å²) in [6.07, 6.45) is -0.276. The number of aryl methyl sites for hydroxylation is 2. The van der Waals surface area contributed by atoms with Crippen LogP contribution in [-0.2, 0) is 26.2 Å². The first-order valence-corrected chi connectivity index (χ1v) is 11.5. The number of sulfonamides is 1. The Labute approximate surface area is 177 Å². The summed E-state index contributed by atoms with van der Waals surface area (Å²) in [7, 11) is -4.03. The Morgan fingerprint density at radius 3 is 2.70 bits per heavy atom. The molecule has 3 heterocycles. The topological polar surface area (TPSA) is 123 Å². The zero-order chi connectivity index (χ0) is 21.5. The number of carbonyl (C=O) groups is 2. The number of nitrogens with one attached hydrogen (secondary N) is 2. The molecule has 2 N–H and O–H groups in total. The van der Waals surface area contributed by atoms with Crippen LogP contribution in [0.5, 0.6) is 0 Å². The van der Waals surface area contributed by atoms with Crippen LogP contribution in [0.1, 0.15) is 17.1 Å². The highest BCUT2D eigenvalue weighted by molar-refractivity contribution is 7.92. The molecule has 0 radical (unpaired) electrons. The molecular formula is C19H19N5O4S2. The number of hydrogen-bond acceptors (Lipinski definition) is 7. The molecule has 0 aliphatic carbocycles. The number of thiazole rings is 1. The standard InChI is InChI=1S/C19H19N5O4S2/c1-11-19(29-12(2)20-11)30(27,28)23-17(25)8-14-10-24-16(21-18(14)26)9-15(22-24)13-6-4-3-5-7-13/h3-7,9,14H,8,10H2,1-2H3,(H,21,26)(H,23,25). The fourth-order valence-electron chi connectivity index (χ4n) is 3.31. The molecule has 2 amide bonds. The van der Waals surface area contributed by atoms with Gasteiger partial charge in [0.15, 0.2) is 4.21 Å². The number of anilines is 1. The van der Waals surface area contributed by atoms with Crippen molar-refractivity contribution in [1.82, 2.24) is 19.5 Å². The van der Waals surface area contributed by atoms with Crippen molar-refractivity contribution in [3.05, 3.63) is 47.1 Å². The molecule has 2 aromatic heterocycles. The minimum absolute atomic E-state index is 0.00307. The Morgan fingerprint density at radius 1 is 1.30 bits per heavy atom. The number of aromatic nitrogens is 3. The molecule has 1 aliphatic rings. The highest BCUT2D eigenvalue weighted by Crippen LogP contribution is 2.27. The van der Waals surface area contributed by atoms with E-state index in [4.69, 9.17) is 0 Å². The van der Waals surface area contributed by atoms with Crippen molar-refractivity contribution in [2.45, 2.75) is 31.0 Å². The summed E-state index contributed by atoms with van der Waals surface area (Å²) in [5, 5.41) is 7.82. The summed E-state index contributed by atoms with van der Waals surface area (Å²) in [5.74, 6) is -1.29. The highest BCUT2D eigenvalue weighted by Gasteiger charge is 2.31. The third kappa shape index (κ3) is 3.98. The van der Waals surface area contributed by atoms with Gasteiger partial charge in [0.05, 0.1) is 28.9 Å². The van der Waals surface area contributed by atoms with Gasteiger partial charge in [0, 0.05) is 18.1 Å². The third-order valence-electron chi connectivity index (χ3n) is 4.65. The Hall–Kier alpha value is -3.05. The van der Waals surface area contributed by atoms with E-state index in [9.17, 15) is 18.0 Å². The molecule has 4 rings (SSSR count). The van der Waals surface area contributed by atoms with Gasteiger partial charge in [0.2, 0.25) is 11.8 Å². The maximum atomic E-state index is 12.5. The van der Waals surface area contributed by atoms with Crippen LogP contribution < -0.4 is 10.0 Å². The van der Waals surface area contributed by atoms with Crippen molar-refractivity contribution in [2.24, 2.45) is 5.92 Å². The van der Waals surface area contributed by atoms with Crippen LogP contribution in [-0.4, -0.2) is 35.0 Å². The van der Waals surface area contributed by atoms with E-state index in [1.165, 1.54) is 0 Å². The van der Waals surface area contributed by atoms with E-state index in [2.05, 4.69) is 15.4 Å². The Bertz CT molecular complexity index is 1230. The molecule has 0 fully saturated rings. The molecule has 0 saturated heterocycles. The molecule has 3 aromatic rings. The maximum Gasteiger partial charge on any atom is 0.275 e. The summed E-state index contributed by atoms with van der Waals surface area (Å²) >= 11 is 0.994. The van der Waals surface area contributed by atoms with Crippen molar-refractivity contribution in [3.8, 4) is 11.3 Å². The van der Waals surface area contributed by atoms with Crippen LogP contribution in [0.2, 0.25) is 0 Å². The second-order valence-corrected chi connectivity index (χ2v) is 10.1. The fourth-order valence-corrected chi connectivity index (χ4v) is 5.79. The lowest BCUT2D eigenvalue weighted by molar-refractivity contribution is -0.127. The van der Waals surface area contributed by atoms with Crippen molar-refractivity contribution < 1.29 is 18.0 Å². The molecule has 30 heavy (non-hydrogen) atoms. The predicted molar refractivity (Wildman–Crippen MR) is 111 cm³/mol. The first-order chi connectivity index (χ1) is 14.2. The number of amides is 2. The SMILES string of the molecule is Cc1nc(C)c(S(=O)(=O)NC(=O)CC2Cn3nc(-c4ccccc4)cc3NC2=O)s1. The molecule has 11 heteroatoms. The summed E-state index contributed by atoms with van der Waals surface area (Å²) in [4.78, 5) is 28.9. The molecule has 1 unspecified atom stereocenters. The van der Waals surface area contributed by atoms with Crippen molar-refractivity contribution in [2.75, 3.05) is 5.32 Å². The van der Waals surface area contributed by atoms with Crippen molar-refractivity contribution in [1.29, 1.82) is 0 Å². The number of fused-ring (bicyclic) bond motifs is 1. The Kier molecular flexibility index (Phi) is 5.16. The van der Waals surface area contributed by atoms with Crippen LogP contribution in [0.25, 0.3) is 11.3 Å². The average Bonchev–Trinajstić information content (AvgIpc) is 3.25. The lowest BCUT2D eigenvalue weighted by Gasteiger charge is -2.22. The Morgan fingerprint density at radius 2 is 2.03 bits per heavy atom. The van der Waals surface area contributed by atoms with E-state index >= 15 is 0 Å². The zero-order valence-corrected chi connectivity index (χ0v) is 17.9. The van der Waals surface area contributed by atoms with Crippen LogP contribution in [0.3, 0.4) is 0 Å². The molecule has 1 atom stereocenters. The fraction of sp³-hybridized carbons (Fsp3) is 0.263. The van der Waals surface area contributed by atoms with E-state index in [0.29, 0.717) is 22.2 Å². The number of hydrogen-bond donors (Lipinski definition) is 2. The normalized spacial score (nSPS) is 16.1. The number of benzene rings is 1. The number of nitrogens with zero attached hydrogens (tertiary/aromatic N) is 3. The molecule has 1 aromatic carbocycles. The molecule has 9 nitrogen and oxygen atoms in total. The maximum absolute atomic E-state index is 12.5. The van der Waals surface area contributed by atoms with E-state index in [1.54, 1.807) is 24.6 Å².